The molecule has 1 N–H and O–H groups in total. The summed E-state index contributed by atoms with van der Waals surface area (Å²) in [5.74, 6) is 0.536. The Hall–Kier alpha value is -1.95. The van der Waals surface area contributed by atoms with Gasteiger partial charge in [-0.05, 0) is 31.8 Å². The highest BCUT2D eigenvalue weighted by molar-refractivity contribution is 5.93. The van der Waals surface area contributed by atoms with Gasteiger partial charge in [0.05, 0.1) is 0 Å². The van der Waals surface area contributed by atoms with Gasteiger partial charge in [-0.3, -0.25) is 9.20 Å². The fourth-order valence-electron chi connectivity index (χ4n) is 3.31. The van der Waals surface area contributed by atoms with Gasteiger partial charge in [0.25, 0.3) is 5.91 Å². The summed E-state index contributed by atoms with van der Waals surface area (Å²) in [5, 5.41) is 3.14. The van der Waals surface area contributed by atoms with E-state index in [0.29, 0.717) is 11.6 Å². The van der Waals surface area contributed by atoms with Crippen LogP contribution >= 0.6 is 0 Å². The Bertz CT molecular complexity index is 644. The van der Waals surface area contributed by atoms with Crippen LogP contribution in [0.2, 0.25) is 0 Å². The summed E-state index contributed by atoms with van der Waals surface area (Å²) in [6.45, 7) is 3.33. The minimum Gasteiger partial charge on any atom is -0.346 e. The molecule has 3 aliphatic rings. The fourth-order valence-corrected chi connectivity index (χ4v) is 3.31. The van der Waals surface area contributed by atoms with E-state index in [9.17, 15) is 4.79 Å². The van der Waals surface area contributed by atoms with Gasteiger partial charge in [-0.15, -0.1) is 0 Å². The number of nitrogens with one attached hydrogen (secondary N) is 1. The Kier molecular flexibility index (Phi) is 2.70. The Morgan fingerprint density at radius 1 is 1.30 bits per heavy atom. The largest absolute Gasteiger partial charge is 0.346 e. The van der Waals surface area contributed by atoms with E-state index in [1.54, 1.807) is 23.0 Å². The van der Waals surface area contributed by atoms with Crippen LogP contribution in [0, 0.1) is 5.92 Å². The average Bonchev–Trinajstić information content (AvgIpc) is 2.96. The molecule has 0 spiro atoms. The van der Waals surface area contributed by atoms with E-state index in [1.165, 1.54) is 25.9 Å². The summed E-state index contributed by atoms with van der Waals surface area (Å²) in [4.78, 5) is 23.1. The first-order valence-corrected chi connectivity index (χ1v) is 7.11. The lowest BCUT2D eigenvalue weighted by molar-refractivity contribution is 0.0617. The van der Waals surface area contributed by atoms with Gasteiger partial charge in [0, 0.05) is 31.0 Å². The van der Waals surface area contributed by atoms with Crippen LogP contribution in [0.1, 0.15) is 23.3 Å². The van der Waals surface area contributed by atoms with Gasteiger partial charge in [-0.25, -0.2) is 9.97 Å². The molecule has 2 aromatic rings. The van der Waals surface area contributed by atoms with Crippen LogP contribution in [0.5, 0.6) is 0 Å². The first kappa shape index (κ1) is 11.8. The Morgan fingerprint density at radius 2 is 2.15 bits per heavy atom. The van der Waals surface area contributed by atoms with Gasteiger partial charge >= 0.3 is 0 Å². The minimum atomic E-state index is -0.0887. The molecule has 0 saturated carbocycles. The normalized spacial score (nSPS) is 28.7. The predicted molar refractivity (Wildman–Crippen MR) is 73.4 cm³/mol. The number of hydrogen-bond donors (Lipinski definition) is 1. The molecule has 1 atom stereocenters. The molecule has 3 saturated heterocycles. The highest BCUT2D eigenvalue weighted by atomic mass is 16.2. The molecule has 2 aromatic heterocycles. The van der Waals surface area contributed by atoms with Crippen molar-refractivity contribution in [1.82, 2.24) is 24.6 Å². The maximum Gasteiger partial charge on any atom is 0.270 e. The van der Waals surface area contributed by atoms with E-state index in [0.717, 1.165) is 12.2 Å². The molecule has 3 fully saturated rings. The molecule has 0 aromatic carbocycles. The van der Waals surface area contributed by atoms with Crippen molar-refractivity contribution in [1.29, 1.82) is 0 Å². The molecule has 0 aliphatic carbocycles. The van der Waals surface area contributed by atoms with Crippen LogP contribution in [-0.4, -0.2) is 50.9 Å². The van der Waals surface area contributed by atoms with E-state index in [2.05, 4.69) is 20.2 Å². The monoisotopic (exact) mass is 271 g/mol. The summed E-state index contributed by atoms with van der Waals surface area (Å²) in [6, 6.07) is 2.00. The maximum atomic E-state index is 12.3. The van der Waals surface area contributed by atoms with Crippen LogP contribution in [-0.2, 0) is 0 Å². The second-order valence-electron chi connectivity index (χ2n) is 5.68. The first-order valence-electron chi connectivity index (χ1n) is 7.11. The molecule has 0 radical (unpaired) electrons. The van der Waals surface area contributed by atoms with Crippen LogP contribution in [0.3, 0.4) is 0 Å². The molecule has 3 aliphatic heterocycles. The van der Waals surface area contributed by atoms with E-state index >= 15 is 0 Å². The summed E-state index contributed by atoms with van der Waals surface area (Å²) < 4.78 is 1.80. The number of piperidine rings is 3. The quantitative estimate of drug-likeness (QED) is 0.866. The first-order chi connectivity index (χ1) is 9.79. The number of hydrogen-bond acceptors (Lipinski definition) is 4. The van der Waals surface area contributed by atoms with E-state index in [4.69, 9.17) is 0 Å². The smallest absolute Gasteiger partial charge is 0.270 e. The second-order valence-corrected chi connectivity index (χ2v) is 5.68. The molecule has 1 unspecified atom stereocenters. The third-order valence-corrected chi connectivity index (χ3v) is 4.49. The van der Waals surface area contributed by atoms with Crippen LogP contribution < -0.4 is 5.32 Å². The Balaban J connectivity index is 1.52. The zero-order valence-electron chi connectivity index (χ0n) is 11.2. The minimum absolute atomic E-state index is 0.0887. The van der Waals surface area contributed by atoms with Crippen molar-refractivity contribution >= 4 is 11.6 Å². The molecule has 5 rings (SSSR count). The van der Waals surface area contributed by atoms with Crippen molar-refractivity contribution in [3.8, 4) is 0 Å². The second kappa shape index (κ2) is 4.56. The molecule has 6 nitrogen and oxygen atoms in total. The fraction of sp³-hybridized carbons (Fsp3) is 0.500. The number of nitrogens with zero attached hydrogens (tertiary/aromatic N) is 4. The topological polar surface area (TPSA) is 62.5 Å². The summed E-state index contributed by atoms with van der Waals surface area (Å²) in [5.41, 5.74) is 1.19. The number of rotatable bonds is 2. The maximum absolute atomic E-state index is 12.3. The number of carbonyl (C=O) groups excluding carboxylic acids is 1. The van der Waals surface area contributed by atoms with Crippen molar-refractivity contribution in [3.63, 3.8) is 0 Å². The Labute approximate surface area is 116 Å². The highest BCUT2D eigenvalue weighted by Gasteiger charge is 2.35. The van der Waals surface area contributed by atoms with Crippen molar-refractivity contribution in [3.05, 3.63) is 30.5 Å². The van der Waals surface area contributed by atoms with Gasteiger partial charge in [0.15, 0.2) is 0 Å². The van der Waals surface area contributed by atoms with Gasteiger partial charge in [-0.2, -0.15) is 0 Å². The number of amides is 1. The molecule has 104 valence electrons. The molecule has 2 bridgehead atoms. The summed E-state index contributed by atoms with van der Waals surface area (Å²) in [6.07, 6.45) is 7.53. The van der Waals surface area contributed by atoms with Crippen molar-refractivity contribution in [2.75, 3.05) is 19.6 Å². The predicted octanol–water partition coefficient (Wildman–Crippen LogP) is 0.553. The van der Waals surface area contributed by atoms with Crippen molar-refractivity contribution in [2.45, 2.75) is 18.9 Å². The summed E-state index contributed by atoms with van der Waals surface area (Å²) in [7, 11) is 0. The van der Waals surface area contributed by atoms with Gasteiger partial charge in [0.2, 0.25) is 0 Å². The zero-order valence-corrected chi connectivity index (χ0v) is 11.2. The lowest BCUT2D eigenvalue weighted by Gasteiger charge is -2.44. The highest BCUT2D eigenvalue weighted by Crippen LogP contribution is 2.27. The lowest BCUT2D eigenvalue weighted by Crippen LogP contribution is -2.57. The van der Waals surface area contributed by atoms with E-state index in [-0.39, 0.29) is 11.9 Å². The Morgan fingerprint density at radius 3 is 2.90 bits per heavy atom. The molecule has 20 heavy (non-hydrogen) atoms. The molecule has 5 heterocycles. The third kappa shape index (κ3) is 1.96. The van der Waals surface area contributed by atoms with E-state index in [1.807, 2.05) is 6.20 Å². The third-order valence-electron chi connectivity index (χ3n) is 4.49. The standard InChI is InChI=1S/C14H17N5O/c20-14(11-7-13-15-3-6-19(13)9-16-11)17-12-8-18-4-1-10(12)2-5-18/h3,6-7,9-10,12H,1-2,4-5,8H2,(H,17,20). The van der Waals surface area contributed by atoms with Crippen molar-refractivity contribution < 1.29 is 4.79 Å². The lowest BCUT2D eigenvalue weighted by atomic mass is 9.84. The number of fused-ring (bicyclic) bond motifs is 4. The molecule has 1 amide bonds. The zero-order chi connectivity index (χ0) is 13.5. The van der Waals surface area contributed by atoms with Gasteiger partial charge < -0.3 is 10.2 Å². The average molecular weight is 271 g/mol. The van der Waals surface area contributed by atoms with E-state index < -0.39 is 0 Å². The number of carbonyl (C=O) groups is 1. The number of aromatic nitrogens is 3. The SMILES string of the molecule is O=C(NC1CN2CCC1CC2)c1cc2nccn2cn1. The molecular formula is C14H17N5O. The van der Waals surface area contributed by atoms with Gasteiger partial charge in [-0.1, -0.05) is 0 Å². The van der Waals surface area contributed by atoms with Crippen LogP contribution in [0.25, 0.3) is 5.65 Å². The summed E-state index contributed by atoms with van der Waals surface area (Å²) >= 11 is 0. The molecular weight excluding hydrogens is 254 g/mol. The van der Waals surface area contributed by atoms with Crippen LogP contribution in [0.15, 0.2) is 24.8 Å². The van der Waals surface area contributed by atoms with Crippen molar-refractivity contribution in [2.24, 2.45) is 5.92 Å². The van der Waals surface area contributed by atoms with Crippen LogP contribution in [0.4, 0.5) is 0 Å². The van der Waals surface area contributed by atoms with Gasteiger partial charge in [0.1, 0.15) is 17.7 Å². The number of imidazole rings is 1. The molecule has 6 heteroatoms.